The molecule has 10 nitrogen and oxygen atoms in total. The quantitative estimate of drug-likeness (QED) is 0.723. The number of amides is 5. The lowest BCUT2D eigenvalue weighted by atomic mass is 10.0. The highest BCUT2D eigenvalue weighted by molar-refractivity contribution is 6.26. The molecule has 5 amide bonds. The highest BCUT2D eigenvalue weighted by Crippen LogP contribution is 2.32. The number of rotatable bonds is 3. The van der Waals surface area contributed by atoms with Crippen LogP contribution in [0.1, 0.15) is 44.0 Å². The molecular formula is C18H13N5O5. The van der Waals surface area contributed by atoms with Gasteiger partial charge in [0.05, 0.1) is 23.0 Å². The Labute approximate surface area is 158 Å². The van der Waals surface area contributed by atoms with Crippen LogP contribution in [-0.2, 0) is 9.59 Å². The average molecular weight is 379 g/mol. The van der Waals surface area contributed by atoms with Crippen LogP contribution in [0.2, 0.25) is 0 Å². The van der Waals surface area contributed by atoms with Crippen molar-refractivity contribution in [3.8, 4) is 0 Å². The number of imide groups is 2. The van der Waals surface area contributed by atoms with Crippen LogP contribution in [0.15, 0.2) is 36.8 Å². The Morgan fingerprint density at radius 3 is 2.68 bits per heavy atom. The zero-order valence-corrected chi connectivity index (χ0v) is 14.3. The van der Waals surface area contributed by atoms with Gasteiger partial charge in [0.25, 0.3) is 17.7 Å². The standard InChI is InChI=1S/C18H13N5O5/c24-13-5-4-12(16(26)22-13)23-17(27)9-2-1-3-10(14(9)18(23)28)21-15(25)11-8-19-6-7-20-11/h1-3,6-8,12H,4-5H2,(H,21,25)(H,22,24,26). The molecule has 2 aliphatic rings. The molecule has 2 aromatic rings. The SMILES string of the molecule is O=C1CCC(N2C(=O)c3cccc(NC(=O)c4cnccn4)c3C2=O)C(=O)N1. The summed E-state index contributed by atoms with van der Waals surface area (Å²) in [6.07, 6.45) is 4.11. The Morgan fingerprint density at radius 2 is 1.96 bits per heavy atom. The van der Waals surface area contributed by atoms with E-state index < -0.39 is 35.6 Å². The lowest BCUT2D eigenvalue weighted by molar-refractivity contribution is -0.136. The van der Waals surface area contributed by atoms with Gasteiger partial charge in [0.2, 0.25) is 11.8 Å². The summed E-state index contributed by atoms with van der Waals surface area (Å²) >= 11 is 0. The van der Waals surface area contributed by atoms with E-state index in [0.29, 0.717) is 0 Å². The molecule has 0 aliphatic carbocycles. The molecule has 1 aromatic heterocycles. The summed E-state index contributed by atoms with van der Waals surface area (Å²) in [5, 5.41) is 4.69. The minimum absolute atomic E-state index is 0.00515. The molecular weight excluding hydrogens is 366 g/mol. The van der Waals surface area contributed by atoms with Crippen molar-refractivity contribution in [2.24, 2.45) is 0 Å². The van der Waals surface area contributed by atoms with Gasteiger partial charge in [-0.25, -0.2) is 4.98 Å². The van der Waals surface area contributed by atoms with Crippen molar-refractivity contribution in [1.29, 1.82) is 0 Å². The molecule has 140 valence electrons. The highest BCUT2D eigenvalue weighted by atomic mass is 16.2. The summed E-state index contributed by atoms with van der Waals surface area (Å²) in [4.78, 5) is 70.0. The Bertz CT molecular complexity index is 1040. The van der Waals surface area contributed by atoms with E-state index in [-0.39, 0.29) is 35.3 Å². The number of nitrogens with one attached hydrogen (secondary N) is 2. The number of fused-ring (bicyclic) bond motifs is 1. The fourth-order valence-corrected chi connectivity index (χ4v) is 3.22. The molecule has 0 bridgehead atoms. The summed E-state index contributed by atoms with van der Waals surface area (Å²) in [5.41, 5.74) is 0.237. The second-order valence-electron chi connectivity index (χ2n) is 6.22. The third kappa shape index (κ3) is 2.80. The minimum atomic E-state index is -1.08. The van der Waals surface area contributed by atoms with Crippen LogP contribution >= 0.6 is 0 Å². The maximum Gasteiger partial charge on any atom is 0.275 e. The molecule has 2 aliphatic heterocycles. The van der Waals surface area contributed by atoms with Crippen LogP contribution in [-0.4, -0.2) is 50.4 Å². The summed E-state index contributed by atoms with van der Waals surface area (Å²) in [6, 6.07) is 3.37. The highest BCUT2D eigenvalue weighted by Gasteiger charge is 2.45. The van der Waals surface area contributed by atoms with Gasteiger partial charge in [-0.3, -0.25) is 39.2 Å². The number of nitrogens with zero attached hydrogens (tertiary/aromatic N) is 3. The summed E-state index contributed by atoms with van der Waals surface area (Å²) in [7, 11) is 0. The zero-order chi connectivity index (χ0) is 19.8. The third-order valence-corrected chi connectivity index (χ3v) is 4.51. The molecule has 28 heavy (non-hydrogen) atoms. The van der Waals surface area contributed by atoms with E-state index >= 15 is 0 Å². The monoisotopic (exact) mass is 379 g/mol. The van der Waals surface area contributed by atoms with Crippen LogP contribution in [0, 0.1) is 0 Å². The van der Waals surface area contributed by atoms with Crippen LogP contribution < -0.4 is 10.6 Å². The first-order valence-electron chi connectivity index (χ1n) is 8.39. The van der Waals surface area contributed by atoms with E-state index in [9.17, 15) is 24.0 Å². The van der Waals surface area contributed by atoms with Crippen molar-refractivity contribution in [1.82, 2.24) is 20.2 Å². The largest absolute Gasteiger partial charge is 0.320 e. The van der Waals surface area contributed by atoms with E-state index in [1.807, 2.05) is 0 Å². The fourth-order valence-electron chi connectivity index (χ4n) is 3.22. The lowest BCUT2D eigenvalue weighted by Gasteiger charge is -2.27. The Kier molecular flexibility index (Phi) is 4.15. The summed E-state index contributed by atoms with van der Waals surface area (Å²) in [5.74, 6) is -3.10. The first-order valence-corrected chi connectivity index (χ1v) is 8.39. The van der Waals surface area contributed by atoms with E-state index in [2.05, 4.69) is 20.6 Å². The van der Waals surface area contributed by atoms with Crippen molar-refractivity contribution < 1.29 is 24.0 Å². The number of carbonyl (C=O) groups is 5. The molecule has 3 heterocycles. The van der Waals surface area contributed by atoms with Crippen LogP contribution in [0.25, 0.3) is 0 Å². The minimum Gasteiger partial charge on any atom is -0.320 e. The predicted octanol–water partition coefficient (Wildman–Crippen LogP) is 0.130. The lowest BCUT2D eigenvalue weighted by Crippen LogP contribution is -2.54. The van der Waals surface area contributed by atoms with Crippen molar-refractivity contribution in [2.75, 3.05) is 5.32 Å². The molecule has 2 N–H and O–H groups in total. The van der Waals surface area contributed by atoms with Crippen LogP contribution in [0.3, 0.4) is 0 Å². The molecule has 0 spiro atoms. The molecule has 1 atom stereocenters. The van der Waals surface area contributed by atoms with Gasteiger partial charge in [0.1, 0.15) is 11.7 Å². The fraction of sp³-hybridized carbons (Fsp3) is 0.167. The van der Waals surface area contributed by atoms with E-state index in [4.69, 9.17) is 0 Å². The number of anilines is 1. The molecule has 1 fully saturated rings. The van der Waals surface area contributed by atoms with E-state index in [0.717, 1.165) is 4.90 Å². The molecule has 4 rings (SSSR count). The summed E-state index contributed by atoms with van der Waals surface area (Å²) < 4.78 is 0. The average Bonchev–Trinajstić information content (AvgIpc) is 2.94. The number of benzene rings is 1. The molecule has 0 saturated carbocycles. The second-order valence-corrected chi connectivity index (χ2v) is 6.22. The predicted molar refractivity (Wildman–Crippen MR) is 93.1 cm³/mol. The second kappa shape index (κ2) is 6.65. The van der Waals surface area contributed by atoms with Crippen molar-refractivity contribution in [3.63, 3.8) is 0 Å². The number of carbonyl (C=O) groups excluding carboxylic acids is 5. The van der Waals surface area contributed by atoms with Gasteiger partial charge in [-0.05, 0) is 18.6 Å². The summed E-state index contributed by atoms with van der Waals surface area (Å²) in [6.45, 7) is 0. The Hall–Kier alpha value is -3.95. The maximum absolute atomic E-state index is 12.9. The van der Waals surface area contributed by atoms with E-state index in [1.165, 1.54) is 36.8 Å². The van der Waals surface area contributed by atoms with Gasteiger partial charge < -0.3 is 5.32 Å². The van der Waals surface area contributed by atoms with Crippen molar-refractivity contribution in [3.05, 3.63) is 53.6 Å². The molecule has 1 aromatic carbocycles. The van der Waals surface area contributed by atoms with Gasteiger partial charge in [-0.1, -0.05) is 6.07 Å². The third-order valence-electron chi connectivity index (χ3n) is 4.51. The zero-order valence-electron chi connectivity index (χ0n) is 14.3. The van der Waals surface area contributed by atoms with Crippen LogP contribution in [0.5, 0.6) is 0 Å². The van der Waals surface area contributed by atoms with Crippen LogP contribution in [0.4, 0.5) is 5.69 Å². The van der Waals surface area contributed by atoms with E-state index in [1.54, 1.807) is 0 Å². The Balaban J connectivity index is 1.66. The smallest absolute Gasteiger partial charge is 0.275 e. The van der Waals surface area contributed by atoms with Crippen molar-refractivity contribution >= 4 is 35.2 Å². The molecule has 10 heteroatoms. The molecule has 1 unspecified atom stereocenters. The topological polar surface area (TPSA) is 138 Å². The maximum atomic E-state index is 12.9. The first-order chi connectivity index (χ1) is 13.5. The number of piperidine rings is 1. The van der Waals surface area contributed by atoms with Crippen molar-refractivity contribution in [2.45, 2.75) is 18.9 Å². The number of hydrogen-bond donors (Lipinski definition) is 2. The Morgan fingerprint density at radius 1 is 1.14 bits per heavy atom. The van der Waals surface area contributed by atoms with Gasteiger partial charge in [0.15, 0.2) is 0 Å². The molecule has 0 radical (unpaired) electrons. The van der Waals surface area contributed by atoms with Gasteiger partial charge in [-0.2, -0.15) is 0 Å². The number of hydrogen-bond acceptors (Lipinski definition) is 7. The first kappa shape index (κ1) is 17.5. The number of aromatic nitrogens is 2. The molecule has 1 saturated heterocycles. The van der Waals surface area contributed by atoms with Gasteiger partial charge in [0, 0.05) is 18.8 Å². The van der Waals surface area contributed by atoms with Gasteiger partial charge >= 0.3 is 0 Å². The normalized spacial score (nSPS) is 18.7. The van der Waals surface area contributed by atoms with Gasteiger partial charge in [-0.15, -0.1) is 0 Å².